The number of hydrogen-bond donors (Lipinski definition) is 1. The number of esters is 1. The molecule has 0 spiro atoms. The first-order valence-corrected chi connectivity index (χ1v) is 7.99. The molecule has 0 bridgehead atoms. The minimum Gasteiger partial charge on any atom is -0.461 e. The zero-order chi connectivity index (χ0) is 17.6. The fourth-order valence-corrected chi connectivity index (χ4v) is 3.30. The van der Waals surface area contributed by atoms with Gasteiger partial charge in [0.1, 0.15) is 12.0 Å². The molecule has 7 heteroatoms. The Hall–Kier alpha value is -3.22. The number of imide groups is 1. The molecule has 4 rings (SSSR count). The minimum atomic E-state index is -0.953. The highest BCUT2D eigenvalue weighted by molar-refractivity contribution is 6.47. The van der Waals surface area contributed by atoms with Crippen molar-refractivity contribution in [2.24, 2.45) is 11.0 Å². The summed E-state index contributed by atoms with van der Waals surface area (Å²) >= 11 is 0. The summed E-state index contributed by atoms with van der Waals surface area (Å²) in [6.45, 7) is 1.84. The third-order valence-corrected chi connectivity index (χ3v) is 4.42. The van der Waals surface area contributed by atoms with E-state index >= 15 is 0 Å². The molecular formula is C18H15N3O4. The van der Waals surface area contributed by atoms with Crippen molar-refractivity contribution < 1.29 is 19.1 Å². The number of nitrogens with zero attached hydrogens (tertiary/aromatic N) is 2. The maximum Gasteiger partial charge on any atom is 0.355 e. The molecule has 0 saturated carbocycles. The molecule has 1 N–H and O–H groups in total. The van der Waals surface area contributed by atoms with Crippen molar-refractivity contribution in [2.45, 2.75) is 13.0 Å². The van der Waals surface area contributed by atoms with Crippen molar-refractivity contribution in [3.63, 3.8) is 0 Å². The van der Waals surface area contributed by atoms with Crippen LogP contribution in [0, 0.1) is 5.92 Å². The maximum atomic E-state index is 12.9. The van der Waals surface area contributed by atoms with Gasteiger partial charge >= 0.3 is 5.97 Å². The number of carbonyl (C=O) groups excluding carboxylic acids is 3. The van der Waals surface area contributed by atoms with Crippen LogP contribution < -0.4 is 10.3 Å². The van der Waals surface area contributed by atoms with E-state index in [9.17, 15) is 14.4 Å². The molecule has 126 valence electrons. The van der Waals surface area contributed by atoms with Gasteiger partial charge < -0.3 is 4.74 Å². The summed E-state index contributed by atoms with van der Waals surface area (Å²) < 4.78 is 4.94. The number of carbonyl (C=O) groups is 3. The van der Waals surface area contributed by atoms with Gasteiger partial charge in [-0.25, -0.2) is 9.69 Å². The number of anilines is 1. The van der Waals surface area contributed by atoms with Crippen molar-refractivity contribution in [3.8, 4) is 0 Å². The number of rotatable bonds is 3. The van der Waals surface area contributed by atoms with Crippen molar-refractivity contribution in [1.82, 2.24) is 5.43 Å². The SMILES string of the molecule is CCOC(=O)C1=NN[C@@H]2C(=O)N(c3cccc4ccccc34)C(=O)[C@H]12. The van der Waals surface area contributed by atoms with Crippen LogP contribution >= 0.6 is 0 Å². The minimum absolute atomic E-state index is 0.0482. The summed E-state index contributed by atoms with van der Waals surface area (Å²) in [5.41, 5.74) is 3.07. The number of nitrogens with one attached hydrogen (secondary N) is 1. The van der Waals surface area contributed by atoms with Crippen LogP contribution in [-0.2, 0) is 19.1 Å². The first-order chi connectivity index (χ1) is 12.1. The van der Waals surface area contributed by atoms with E-state index in [1.807, 2.05) is 30.3 Å². The van der Waals surface area contributed by atoms with E-state index < -0.39 is 29.7 Å². The van der Waals surface area contributed by atoms with Crippen LogP contribution in [0.1, 0.15) is 6.92 Å². The molecule has 0 aliphatic carbocycles. The van der Waals surface area contributed by atoms with Crippen molar-refractivity contribution in [1.29, 1.82) is 0 Å². The van der Waals surface area contributed by atoms with Crippen LogP contribution in [0.25, 0.3) is 10.8 Å². The highest BCUT2D eigenvalue weighted by atomic mass is 16.5. The first-order valence-electron chi connectivity index (χ1n) is 7.99. The van der Waals surface area contributed by atoms with Crippen LogP contribution in [0.2, 0.25) is 0 Å². The van der Waals surface area contributed by atoms with Gasteiger partial charge in [0.25, 0.3) is 5.91 Å². The normalized spacial score (nSPS) is 22.0. The van der Waals surface area contributed by atoms with Gasteiger partial charge in [0.15, 0.2) is 5.71 Å². The molecule has 2 heterocycles. The third-order valence-electron chi connectivity index (χ3n) is 4.42. The number of ether oxygens (including phenoxy) is 1. The lowest BCUT2D eigenvalue weighted by molar-refractivity contribution is -0.136. The van der Waals surface area contributed by atoms with Crippen molar-refractivity contribution in [3.05, 3.63) is 42.5 Å². The van der Waals surface area contributed by atoms with Crippen LogP contribution in [0.5, 0.6) is 0 Å². The summed E-state index contributed by atoms with van der Waals surface area (Å²) in [7, 11) is 0. The van der Waals surface area contributed by atoms with E-state index in [1.54, 1.807) is 19.1 Å². The Morgan fingerprint density at radius 2 is 1.92 bits per heavy atom. The zero-order valence-corrected chi connectivity index (χ0v) is 13.4. The van der Waals surface area contributed by atoms with E-state index in [-0.39, 0.29) is 12.3 Å². The number of fused-ring (bicyclic) bond motifs is 2. The molecule has 0 radical (unpaired) electrons. The van der Waals surface area contributed by atoms with Crippen LogP contribution in [0.4, 0.5) is 5.69 Å². The molecule has 0 unspecified atom stereocenters. The van der Waals surface area contributed by atoms with E-state index in [2.05, 4.69) is 10.5 Å². The predicted molar refractivity (Wildman–Crippen MR) is 90.9 cm³/mol. The average Bonchev–Trinajstić information content (AvgIpc) is 3.16. The molecule has 2 aliphatic rings. The molecule has 0 aromatic heterocycles. The number of benzene rings is 2. The zero-order valence-electron chi connectivity index (χ0n) is 13.4. The standard InChI is InChI=1S/C18H15N3O4/c1-2-25-18(24)15-13-14(19-20-15)17(23)21(16(13)22)12-9-5-7-10-6-3-4-8-11(10)12/h3-9,13-14,19H,2H2,1H3/t13-,14-/m0/s1. The van der Waals surface area contributed by atoms with E-state index in [4.69, 9.17) is 4.74 Å². The molecule has 2 aliphatic heterocycles. The Kier molecular flexibility index (Phi) is 3.49. The Labute approximate surface area is 143 Å². The fourth-order valence-electron chi connectivity index (χ4n) is 3.30. The Morgan fingerprint density at radius 3 is 2.72 bits per heavy atom. The van der Waals surface area contributed by atoms with Gasteiger partial charge in [-0.3, -0.25) is 15.0 Å². The second kappa shape index (κ2) is 5.70. The largest absolute Gasteiger partial charge is 0.461 e. The smallest absolute Gasteiger partial charge is 0.355 e. The molecule has 2 aromatic carbocycles. The van der Waals surface area contributed by atoms with Gasteiger partial charge in [-0.2, -0.15) is 5.10 Å². The Morgan fingerprint density at radius 1 is 1.16 bits per heavy atom. The van der Waals surface area contributed by atoms with E-state index in [0.29, 0.717) is 5.69 Å². The fraction of sp³-hybridized carbons (Fsp3) is 0.222. The lowest BCUT2D eigenvalue weighted by atomic mass is 9.99. The van der Waals surface area contributed by atoms with Crippen molar-refractivity contribution >= 4 is 40.0 Å². The summed E-state index contributed by atoms with van der Waals surface area (Å²) in [5, 5.41) is 5.57. The summed E-state index contributed by atoms with van der Waals surface area (Å²) in [5.74, 6) is -2.52. The first kappa shape index (κ1) is 15.3. The quantitative estimate of drug-likeness (QED) is 0.672. The Balaban J connectivity index is 1.76. The monoisotopic (exact) mass is 337 g/mol. The lowest BCUT2D eigenvalue weighted by Crippen LogP contribution is -2.36. The van der Waals surface area contributed by atoms with Crippen molar-refractivity contribution in [2.75, 3.05) is 11.5 Å². The van der Waals surface area contributed by atoms with E-state index in [0.717, 1.165) is 15.7 Å². The highest BCUT2D eigenvalue weighted by Crippen LogP contribution is 2.34. The van der Waals surface area contributed by atoms with Gasteiger partial charge in [-0.15, -0.1) is 0 Å². The molecule has 2 aromatic rings. The average molecular weight is 337 g/mol. The van der Waals surface area contributed by atoms with E-state index in [1.165, 1.54) is 0 Å². The van der Waals surface area contributed by atoms with Crippen LogP contribution in [0.15, 0.2) is 47.6 Å². The number of hydrogen-bond acceptors (Lipinski definition) is 6. The molecule has 1 saturated heterocycles. The second-order valence-corrected chi connectivity index (χ2v) is 5.81. The molecule has 25 heavy (non-hydrogen) atoms. The maximum absolute atomic E-state index is 12.9. The summed E-state index contributed by atoms with van der Waals surface area (Å²) in [6, 6.07) is 12.1. The molecule has 7 nitrogen and oxygen atoms in total. The van der Waals surface area contributed by atoms with Crippen LogP contribution in [0.3, 0.4) is 0 Å². The summed E-state index contributed by atoms with van der Waals surface area (Å²) in [4.78, 5) is 38.9. The molecular weight excluding hydrogens is 322 g/mol. The molecule has 2 atom stereocenters. The van der Waals surface area contributed by atoms with Gasteiger partial charge in [-0.05, 0) is 18.4 Å². The predicted octanol–water partition coefficient (Wildman–Crippen LogP) is 1.22. The van der Waals surface area contributed by atoms with Gasteiger partial charge in [0.05, 0.1) is 12.3 Å². The second-order valence-electron chi connectivity index (χ2n) is 5.81. The molecule has 2 amide bonds. The highest BCUT2D eigenvalue weighted by Gasteiger charge is 2.55. The molecule has 1 fully saturated rings. The van der Waals surface area contributed by atoms with Gasteiger partial charge in [0, 0.05) is 5.39 Å². The van der Waals surface area contributed by atoms with Gasteiger partial charge in [0.2, 0.25) is 5.91 Å². The Bertz CT molecular complexity index is 932. The topological polar surface area (TPSA) is 88.1 Å². The lowest BCUT2D eigenvalue weighted by Gasteiger charge is -2.18. The third kappa shape index (κ3) is 2.20. The summed E-state index contributed by atoms with van der Waals surface area (Å²) in [6.07, 6.45) is 0. The number of amides is 2. The van der Waals surface area contributed by atoms with Crippen LogP contribution in [-0.4, -0.2) is 36.1 Å². The number of hydrazone groups is 1. The van der Waals surface area contributed by atoms with Gasteiger partial charge in [-0.1, -0.05) is 36.4 Å².